The maximum absolute atomic E-state index is 13.6. The lowest BCUT2D eigenvalue weighted by Gasteiger charge is -2.25. The molecule has 33 heavy (non-hydrogen) atoms. The van der Waals surface area contributed by atoms with Gasteiger partial charge in [0.1, 0.15) is 0 Å². The van der Waals surface area contributed by atoms with Gasteiger partial charge in [-0.05, 0) is 59.0 Å². The molecular formula is C27H31Cl2N3O. The lowest BCUT2D eigenvalue weighted by Crippen LogP contribution is -2.35. The Morgan fingerprint density at radius 3 is 2.15 bits per heavy atom. The third-order valence-electron chi connectivity index (χ3n) is 5.52. The first-order chi connectivity index (χ1) is 15.7. The fraction of sp³-hybridized carbons (Fsp3) is 0.296. The van der Waals surface area contributed by atoms with Crippen LogP contribution in [0.15, 0.2) is 66.7 Å². The van der Waals surface area contributed by atoms with Crippen LogP contribution >= 0.6 is 23.2 Å². The molecule has 4 nitrogen and oxygen atoms in total. The molecule has 174 valence electrons. The molecule has 6 heteroatoms. The number of hydrogen-bond donors (Lipinski definition) is 2. The maximum atomic E-state index is 13.6. The second-order valence-corrected chi connectivity index (χ2v) is 9.92. The Labute approximate surface area is 206 Å². The van der Waals surface area contributed by atoms with E-state index in [9.17, 15) is 4.79 Å². The molecule has 0 unspecified atom stereocenters. The summed E-state index contributed by atoms with van der Waals surface area (Å²) in [4.78, 5) is 15.4. The summed E-state index contributed by atoms with van der Waals surface area (Å²) in [6.07, 6.45) is 0. The number of carbonyl (C=O) groups is 1. The summed E-state index contributed by atoms with van der Waals surface area (Å²) < 4.78 is 0. The van der Waals surface area contributed by atoms with Gasteiger partial charge < -0.3 is 15.5 Å². The predicted molar refractivity (Wildman–Crippen MR) is 141 cm³/mol. The number of nitrogens with one attached hydrogen (secondary N) is 2. The van der Waals surface area contributed by atoms with Crippen molar-refractivity contribution in [2.75, 3.05) is 30.8 Å². The first-order valence-electron chi connectivity index (χ1n) is 11.0. The molecule has 0 heterocycles. The molecule has 3 aromatic carbocycles. The van der Waals surface area contributed by atoms with Gasteiger partial charge in [0.05, 0.1) is 5.56 Å². The van der Waals surface area contributed by atoms with Crippen LogP contribution in [-0.4, -0.2) is 30.9 Å². The molecule has 1 amide bonds. The average Bonchev–Trinajstić information content (AvgIpc) is 2.79. The van der Waals surface area contributed by atoms with Crippen molar-refractivity contribution in [2.24, 2.45) is 0 Å². The Morgan fingerprint density at radius 1 is 0.909 bits per heavy atom. The van der Waals surface area contributed by atoms with Crippen molar-refractivity contribution in [3.63, 3.8) is 0 Å². The first-order valence-corrected chi connectivity index (χ1v) is 11.8. The van der Waals surface area contributed by atoms with E-state index in [1.165, 1.54) is 5.56 Å². The topological polar surface area (TPSA) is 44.4 Å². The molecule has 0 atom stereocenters. The highest BCUT2D eigenvalue weighted by Crippen LogP contribution is 2.25. The van der Waals surface area contributed by atoms with Gasteiger partial charge in [0.2, 0.25) is 0 Å². The third-order valence-corrected chi connectivity index (χ3v) is 6.00. The Bertz CT molecular complexity index is 1070. The number of rotatable bonds is 8. The van der Waals surface area contributed by atoms with E-state index in [0.717, 1.165) is 16.9 Å². The van der Waals surface area contributed by atoms with Crippen LogP contribution in [0.25, 0.3) is 0 Å². The van der Waals surface area contributed by atoms with Crippen LogP contribution in [0.4, 0.5) is 11.4 Å². The number of benzene rings is 3. The second-order valence-electron chi connectivity index (χ2n) is 9.05. The van der Waals surface area contributed by atoms with Crippen LogP contribution in [0, 0.1) is 0 Å². The Hall–Kier alpha value is -2.69. The SMILES string of the molecule is CNc1ccc(Cl)cc1C(=O)N(CCNc1ccc(Cl)cc1)Cc1ccc(C(C)(C)C)cc1. The third kappa shape index (κ3) is 6.89. The number of carbonyl (C=O) groups excluding carboxylic acids is 1. The van der Waals surface area contributed by atoms with Gasteiger partial charge >= 0.3 is 0 Å². The first kappa shape index (κ1) is 24.9. The van der Waals surface area contributed by atoms with Gasteiger partial charge in [-0.1, -0.05) is 68.2 Å². The van der Waals surface area contributed by atoms with Crippen molar-refractivity contribution in [2.45, 2.75) is 32.7 Å². The molecule has 2 N–H and O–H groups in total. The van der Waals surface area contributed by atoms with E-state index in [-0.39, 0.29) is 11.3 Å². The average molecular weight is 484 g/mol. The molecule has 0 fully saturated rings. The summed E-state index contributed by atoms with van der Waals surface area (Å²) in [7, 11) is 1.80. The minimum absolute atomic E-state index is 0.0698. The van der Waals surface area contributed by atoms with E-state index in [1.807, 2.05) is 35.2 Å². The van der Waals surface area contributed by atoms with Crippen LogP contribution in [0.3, 0.4) is 0 Å². The monoisotopic (exact) mass is 483 g/mol. The molecule has 0 spiro atoms. The smallest absolute Gasteiger partial charge is 0.256 e. The molecule has 0 saturated carbocycles. The summed E-state index contributed by atoms with van der Waals surface area (Å²) >= 11 is 12.2. The van der Waals surface area contributed by atoms with E-state index in [2.05, 4.69) is 55.7 Å². The van der Waals surface area contributed by atoms with Crippen molar-refractivity contribution >= 4 is 40.5 Å². The molecular weight excluding hydrogens is 453 g/mol. The van der Waals surface area contributed by atoms with Crippen LogP contribution in [0.5, 0.6) is 0 Å². The molecule has 0 aromatic heterocycles. The van der Waals surface area contributed by atoms with Crippen LogP contribution in [-0.2, 0) is 12.0 Å². The van der Waals surface area contributed by atoms with E-state index in [1.54, 1.807) is 19.2 Å². The summed E-state index contributed by atoms with van der Waals surface area (Å²) in [5.41, 5.74) is 4.70. The summed E-state index contributed by atoms with van der Waals surface area (Å²) in [6.45, 7) is 8.21. The standard InChI is InChI=1S/C27H31Cl2N3O/c1-27(2,3)20-7-5-19(6-8-20)18-32(16-15-31-23-12-9-21(28)10-13-23)26(33)24-17-22(29)11-14-25(24)30-4/h5-14,17,30-31H,15-16,18H2,1-4H3. The zero-order valence-corrected chi connectivity index (χ0v) is 21.1. The summed E-state index contributed by atoms with van der Waals surface area (Å²) in [6, 6.07) is 21.4. The number of amides is 1. The number of halogens is 2. The molecule has 0 aliphatic rings. The van der Waals surface area contributed by atoms with Gasteiger partial charge in [0.15, 0.2) is 0 Å². The number of hydrogen-bond acceptors (Lipinski definition) is 3. The predicted octanol–water partition coefficient (Wildman–Crippen LogP) is 7.09. The fourth-order valence-electron chi connectivity index (χ4n) is 3.57. The van der Waals surface area contributed by atoms with E-state index in [4.69, 9.17) is 23.2 Å². The van der Waals surface area contributed by atoms with Crippen molar-refractivity contribution in [3.8, 4) is 0 Å². The molecule has 0 bridgehead atoms. The minimum Gasteiger partial charge on any atom is -0.387 e. The van der Waals surface area contributed by atoms with Crippen LogP contribution in [0.1, 0.15) is 42.3 Å². The quantitative estimate of drug-likeness (QED) is 0.359. The van der Waals surface area contributed by atoms with Crippen LogP contribution in [0.2, 0.25) is 10.0 Å². The lowest BCUT2D eigenvalue weighted by molar-refractivity contribution is 0.0751. The van der Waals surface area contributed by atoms with Crippen molar-refractivity contribution < 1.29 is 4.79 Å². The van der Waals surface area contributed by atoms with Gasteiger partial charge in [0, 0.05) is 48.1 Å². The van der Waals surface area contributed by atoms with Gasteiger partial charge in [0.25, 0.3) is 5.91 Å². The fourth-order valence-corrected chi connectivity index (χ4v) is 3.87. The van der Waals surface area contributed by atoms with Crippen molar-refractivity contribution in [1.29, 1.82) is 0 Å². The molecule has 0 saturated heterocycles. The van der Waals surface area contributed by atoms with E-state index < -0.39 is 0 Å². The zero-order valence-electron chi connectivity index (χ0n) is 19.6. The maximum Gasteiger partial charge on any atom is 0.256 e. The van der Waals surface area contributed by atoms with Crippen molar-refractivity contribution in [3.05, 3.63) is 93.5 Å². The van der Waals surface area contributed by atoms with E-state index in [0.29, 0.717) is 35.2 Å². The van der Waals surface area contributed by atoms with Gasteiger partial charge in [-0.2, -0.15) is 0 Å². The Morgan fingerprint density at radius 2 is 1.55 bits per heavy atom. The number of anilines is 2. The summed E-state index contributed by atoms with van der Waals surface area (Å²) in [5.74, 6) is -0.0698. The normalized spacial score (nSPS) is 11.2. The van der Waals surface area contributed by atoms with Gasteiger partial charge in [-0.25, -0.2) is 0 Å². The van der Waals surface area contributed by atoms with Gasteiger partial charge in [-0.15, -0.1) is 0 Å². The highest BCUT2D eigenvalue weighted by atomic mass is 35.5. The Kier molecular flexibility index (Phi) is 8.28. The Balaban J connectivity index is 1.81. The molecule has 3 aromatic rings. The molecule has 0 radical (unpaired) electrons. The largest absolute Gasteiger partial charge is 0.387 e. The van der Waals surface area contributed by atoms with Gasteiger partial charge in [-0.3, -0.25) is 4.79 Å². The zero-order chi connectivity index (χ0) is 24.0. The summed E-state index contributed by atoms with van der Waals surface area (Å²) in [5, 5.41) is 7.69. The lowest BCUT2D eigenvalue weighted by atomic mass is 9.87. The second kappa shape index (κ2) is 11.0. The highest BCUT2D eigenvalue weighted by Gasteiger charge is 2.20. The minimum atomic E-state index is -0.0698. The van der Waals surface area contributed by atoms with Crippen molar-refractivity contribution in [1.82, 2.24) is 4.90 Å². The van der Waals surface area contributed by atoms with Crippen LogP contribution < -0.4 is 10.6 Å². The molecule has 0 aliphatic heterocycles. The number of nitrogens with zero attached hydrogens (tertiary/aromatic N) is 1. The molecule has 3 rings (SSSR count). The highest BCUT2D eigenvalue weighted by molar-refractivity contribution is 6.31. The molecule has 0 aliphatic carbocycles. The van der Waals surface area contributed by atoms with E-state index >= 15 is 0 Å².